The molecule has 1 aromatic carbocycles. The summed E-state index contributed by atoms with van der Waals surface area (Å²) in [5, 5.41) is 2.89. The lowest BCUT2D eigenvalue weighted by Gasteiger charge is -2.10. The van der Waals surface area contributed by atoms with Crippen LogP contribution in [0.1, 0.15) is 24.5 Å². The fourth-order valence-corrected chi connectivity index (χ4v) is 1.57. The van der Waals surface area contributed by atoms with Crippen LogP contribution in [0, 0.1) is 13.8 Å². The third kappa shape index (κ3) is 3.67. The molecule has 0 aliphatic carbocycles. The van der Waals surface area contributed by atoms with E-state index in [2.05, 4.69) is 27.3 Å². The van der Waals surface area contributed by atoms with Crippen LogP contribution in [0.3, 0.4) is 0 Å². The van der Waals surface area contributed by atoms with Gasteiger partial charge in [0.05, 0.1) is 4.83 Å². The summed E-state index contributed by atoms with van der Waals surface area (Å²) in [6, 6.07) is 6.03. The van der Waals surface area contributed by atoms with Gasteiger partial charge in [-0.25, -0.2) is 0 Å². The molecule has 1 rings (SSSR count). The zero-order chi connectivity index (χ0) is 11.4. The van der Waals surface area contributed by atoms with Crippen LogP contribution in [0.4, 0.5) is 5.69 Å². The summed E-state index contributed by atoms with van der Waals surface area (Å²) in [6.07, 6.45) is 0.788. The zero-order valence-electron chi connectivity index (χ0n) is 9.30. The standard InChI is InChI=1S/C12H16BrNO/c1-4-11(13)12(15)14-10-6-8(2)5-9(3)7-10/h5-7,11H,4H2,1-3H3,(H,14,15). The van der Waals surface area contributed by atoms with E-state index in [0.29, 0.717) is 0 Å². The van der Waals surface area contributed by atoms with Crippen molar-refractivity contribution in [3.8, 4) is 0 Å². The van der Waals surface area contributed by atoms with Gasteiger partial charge in [-0.15, -0.1) is 0 Å². The zero-order valence-corrected chi connectivity index (χ0v) is 10.9. The van der Waals surface area contributed by atoms with Gasteiger partial charge in [0.15, 0.2) is 0 Å². The molecule has 15 heavy (non-hydrogen) atoms. The van der Waals surface area contributed by atoms with Crippen LogP contribution in [0.5, 0.6) is 0 Å². The minimum atomic E-state index is -0.113. The third-order valence-corrected chi connectivity index (χ3v) is 3.20. The maximum absolute atomic E-state index is 11.6. The van der Waals surface area contributed by atoms with Crippen LogP contribution in [-0.4, -0.2) is 10.7 Å². The molecule has 0 saturated heterocycles. The first kappa shape index (κ1) is 12.2. The van der Waals surface area contributed by atoms with Gasteiger partial charge in [-0.3, -0.25) is 4.79 Å². The van der Waals surface area contributed by atoms with E-state index in [1.807, 2.05) is 32.9 Å². The summed E-state index contributed by atoms with van der Waals surface area (Å²) >= 11 is 3.32. The van der Waals surface area contributed by atoms with E-state index in [4.69, 9.17) is 0 Å². The minimum absolute atomic E-state index is 0.0162. The van der Waals surface area contributed by atoms with Gasteiger partial charge in [-0.2, -0.15) is 0 Å². The second kappa shape index (κ2) is 5.31. The van der Waals surface area contributed by atoms with Crippen molar-refractivity contribution in [1.82, 2.24) is 0 Å². The lowest BCUT2D eigenvalue weighted by Crippen LogP contribution is -2.22. The maximum atomic E-state index is 11.6. The number of carbonyl (C=O) groups excluding carboxylic acids is 1. The maximum Gasteiger partial charge on any atom is 0.238 e. The van der Waals surface area contributed by atoms with E-state index in [0.717, 1.165) is 23.2 Å². The molecule has 3 heteroatoms. The first-order valence-corrected chi connectivity index (χ1v) is 5.97. The van der Waals surface area contributed by atoms with Gasteiger partial charge in [0, 0.05) is 5.69 Å². The number of anilines is 1. The molecule has 0 saturated carbocycles. The highest BCUT2D eigenvalue weighted by Gasteiger charge is 2.12. The summed E-state index contributed by atoms with van der Waals surface area (Å²) < 4.78 is 0. The van der Waals surface area contributed by atoms with Crippen molar-refractivity contribution in [1.29, 1.82) is 0 Å². The lowest BCUT2D eigenvalue weighted by atomic mass is 10.1. The molecule has 1 aromatic rings. The van der Waals surface area contributed by atoms with E-state index in [9.17, 15) is 4.79 Å². The van der Waals surface area contributed by atoms with Gasteiger partial charge in [0.25, 0.3) is 0 Å². The molecule has 1 N–H and O–H groups in total. The number of benzene rings is 1. The van der Waals surface area contributed by atoms with Crippen LogP contribution in [0.2, 0.25) is 0 Å². The van der Waals surface area contributed by atoms with Crippen molar-refractivity contribution in [2.75, 3.05) is 5.32 Å². The lowest BCUT2D eigenvalue weighted by molar-refractivity contribution is -0.115. The molecule has 0 fully saturated rings. The molecule has 1 atom stereocenters. The SMILES string of the molecule is CCC(Br)C(=O)Nc1cc(C)cc(C)c1. The molecule has 0 aliphatic rings. The molecule has 82 valence electrons. The van der Waals surface area contributed by atoms with Crippen molar-refractivity contribution in [2.24, 2.45) is 0 Å². The Morgan fingerprint density at radius 2 is 1.87 bits per heavy atom. The van der Waals surface area contributed by atoms with E-state index in [1.54, 1.807) is 0 Å². The van der Waals surface area contributed by atoms with E-state index in [1.165, 1.54) is 0 Å². The highest BCUT2D eigenvalue weighted by Crippen LogP contribution is 2.15. The summed E-state index contributed by atoms with van der Waals surface area (Å²) in [5.74, 6) is 0.0162. The fraction of sp³-hybridized carbons (Fsp3) is 0.417. The van der Waals surface area contributed by atoms with E-state index >= 15 is 0 Å². The van der Waals surface area contributed by atoms with Crippen LogP contribution >= 0.6 is 15.9 Å². The quantitative estimate of drug-likeness (QED) is 0.838. The average molecular weight is 270 g/mol. The van der Waals surface area contributed by atoms with Crippen molar-refractivity contribution in [3.05, 3.63) is 29.3 Å². The number of aryl methyl sites for hydroxylation is 2. The first-order chi connectivity index (χ1) is 7.02. The van der Waals surface area contributed by atoms with Gasteiger partial charge in [0.1, 0.15) is 0 Å². The molecule has 0 heterocycles. The first-order valence-electron chi connectivity index (χ1n) is 5.06. The molecule has 1 unspecified atom stereocenters. The topological polar surface area (TPSA) is 29.1 Å². The smallest absolute Gasteiger partial charge is 0.238 e. The van der Waals surface area contributed by atoms with Crippen LogP contribution in [0.15, 0.2) is 18.2 Å². The third-order valence-electron chi connectivity index (χ3n) is 2.13. The summed E-state index contributed by atoms with van der Waals surface area (Å²) in [5.41, 5.74) is 3.19. The van der Waals surface area contributed by atoms with Gasteiger partial charge < -0.3 is 5.32 Å². The van der Waals surface area contributed by atoms with Gasteiger partial charge in [-0.1, -0.05) is 28.9 Å². The Morgan fingerprint density at radius 3 is 2.33 bits per heavy atom. The Hall–Kier alpha value is -0.830. The Bertz CT molecular complexity index is 342. The van der Waals surface area contributed by atoms with E-state index in [-0.39, 0.29) is 10.7 Å². The second-order valence-corrected chi connectivity index (χ2v) is 4.85. The molecule has 0 radical (unpaired) electrons. The molecule has 0 spiro atoms. The molecule has 0 bridgehead atoms. The summed E-state index contributed by atoms with van der Waals surface area (Å²) in [4.78, 5) is 11.5. The monoisotopic (exact) mass is 269 g/mol. The van der Waals surface area contributed by atoms with Crippen molar-refractivity contribution in [2.45, 2.75) is 32.0 Å². The summed E-state index contributed by atoms with van der Waals surface area (Å²) in [7, 11) is 0. The Balaban J connectivity index is 2.76. The second-order valence-electron chi connectivity index (χ2n) is 3.74. The highest BCUT2D eigenvalue weighted by molar-refractivity contribution is 9.10. The molecule has 1 amide bonds. The number of rotatable bonds is 3. The Morgan fingerprint density at radius 1 is 1.33 bits per heavy atom. The van der Waals surface area contributed by atoms with E-state index < -0.39 is 0 Å². The number of nitrogens with one attached hydrogen (secondary N) is 1. The molecule has 0 aromatic heterocycles. The molecular formula is C12H16BrNO. The number of hydrogen-bond donors (Lipinski definition) is 1. The summed E-state index contributed by atoms with van der Waals surface area (Å²) in [6.45, 7) is 6.02. The Labute approximate surface area is 99.2 Å². The molecule has 2 nitrogen and oxygen atoms in total. The van der Waals surface area contributed by atoms with Gasteiger partial charge >= 0.3 is 0 Å². The fourth-order valence-electron chi connectivity index (χ4n) is 1.45. The van der Waals surface area contributed by atoms with Crippen molar-refractivity contribution >= 4 is 27.5 Å². The normalized spacial score (nSPS) is 12.3. The number of alkyl halides is 1. The van der Waals surface area contributed by atoms with Crippen molar-refractivity contribution < 1.29 is 4.79 Å². The number of amides is 1. The van der Waals surface area contributed by atoms with Gasteiger partial charge in [0.2, 0.25) is 5.91 Å². The number of hydrogen-bond acceptors (Lipinski definition) is 1. The molecule has 0 aliphatic heterocycles. The average Bonchev–Trinajstić information content (AvgIpc) is 2.14. The minimum Gasteiger partial charge on any atom is -0.325 e. The Kier molecular flexibility index (Phi) is 4.33. The number of carbonyl (C=O) groups is 1. The predicted octanol–water partition coefficient (Wildman–Crippen LogP) is 3.42. The largest absolute Gasteiger partial charge is 0.325 e. The predicted molar refractivity (Wildman–Crippen MR) is 67.6 cm³/mol. The van der Waals surface area contributed by atoms with Crippen molar-refractivity contribution in [3.63, 3.8) is 0 Å². The number of halogens is 1. The van der Waals surface area contributed by atoms with Crippen LogP contribution in [0.25, 0.3) is 0 Å². The highest BCUT2D eigenvalue weighted by atomic mass is 79.9. The van der Waals surface area contributed by atoms with Crippen LogP contribution < -0.4 is 5.32 Å². The van der Waals surface area contributed by atoms with Crippen LogP contribution in [-0.2, 0) is 4.79 Å². The molecular weight excluding hydrogens is 254 g/mol. The van der Waals surface area contributed by atoms with Gasteiger partial charge in [-0.05, 0) is 43.5 Å².